The van der Waals surface area contributed by atoms with Crippen molar-refractivity contribution in [1.82, 2.24) is 5.32 Å². The molecule has 0 bridgehead atoms. The number of benzene rings is 2. The maximum Gasteiger partial charge on any atom is 0.336 e. The summed E-state index contributed by atoms with van der Waals surface area (Å²) in [5.41, 5.74) is 1.99. The van der Waals surface area contributed by atoms with Crippen LogP contribution in [-0.4, -0.2) is 42.3 Å². The first-order valence-electron chi connectivity index (χ1n) is 10.9. The second kappa shape index (κ2) is 12.1. The zero-order valence-corrected chi connectivity index (χ0v) is 21.1. The summed E-state index contributed by atoms with van der Waals surface area (Å²) in [6.07, 6.45) is 0.900. The molecule has 3 rings (SSSR count). The predicted molar refractivity (Wildman–Crippen MR) is 133 cm³/mol. The molecule has 2 atom stereocenters. The number of hydrogen-bond acceptors (Lipinski definition) is 7. The van der Waals surface area contributed by atoms with Gasteiger partial charge in [0.15, 0.2) is 0 Å². The van der Waals surface area contributed by atoms with Gasteiger partial charge in [-0.2, -0.15) is 0 Å². The zero-order valence-electron chi connectivity index (χ0n) is 19.6. The first-order valence-corrected chi connectivity index (χ1v) is 11.7. The van der Waals surface area contributed by atoms with Crippen LogP contribution in [0.4, 0.5) is 0 Å². The molecule has 0 amide bonds. The van der Waals surface area contributed by atoms with E-state index in [4.69, 9.17) is 32.7 Å². The fourth-order valence-electron chi connectivity index (χ4n) is 4.44. The Hall–Kier alpha value is -3.33. The van der Waals surface area contributed by atoms with Gasteiger partial charge in [-0.15, -0.1) is 0 Å². The number of aliphatic hydroxyl groups is 1. The molecule has 0 radical (unpaired) electrons. The fraction of sp³-hybridized carbons (Fsp3) is 0.269. The Morgan fingerprint density at radius 1 is 1.00 bits per heavy atom. The van der Waals surface area contributed by atoms with E-state index in [9.17, 15) is 24.6 Å². The van der Waals surface area contributed by atoms with Crippen molar-refractivity contribution < 1.29 is 34.1 Å². The van der Waals surface area contributed by atoms with Crippen LogP contribution in [0.1, 0.15) is 35.4 Å². The standard InChI is InChI=1S/C26H25Cl2NO7/c1-35-25(33)18-12-29-21(11-22(31)32)24(26(34)36-2)17(18)10-16(15-7-4-3-6-14(15)13-30)23-19(27)8-5-9-20(23)28/h3-9,12,16-17,29-30H,10-11,13H2,1-2H3,(H,31,32). The van der Waals surface area contributed by atoms with Crippen LogP contribution < -0.4 is 5.32 Å². The molecule has 2 aromatic rings. The van der Waals surface area contributed by atoms with E-state index in [1.807, 2.05) is 0 Å². The van der Waals surface area contributed by atoms with E-state index in [0.717, 1.165) is 0 Å². The Balaban J connectivity index is 2.27. The molecular formula is C26H25Cl2NO7. The number of nitrogens with one attached hydrogen (secondary N) is 1. The first kappa shape index (κ1) is 27.3. The number of methoxy groups -OCH3 is 2. The summed E-state index contributed by atoms with van der Waals surface area (Å²) >= 11 is 13.2. The van der Waals surface area contributed by atoms with E-state index in [1.54, 1.807) is 42.5 Å². The van der Waals surface area contributed by atoms with Crippen molar-refractivity contribution in [3.05, 3.63) is 92.2 Å². The summed E-state index contributed by atoms with van der Waals surface area (Å²) in [5, 5.41) is 22.9. The van der Waals surface area contributed by atoms with E-state index in [1.165, 1.54) is 20.4 Å². The maximum absolute atomic E-state index is 13.0. The monoisotopic (exact) mass is 533 g/mol. The molecule has 190 valence electrons. The van der Waals surface area contributed by atoms with Crippen LogP contribution in [-0.2, 0) is 30.5 Å². The average molecular weight is 534 g/mol. The second-order valence-corrected chi connectivity index (χ2v) is 8.84. The van der Waals surface area contributed by atoms with Crippen molar-refractivity contribution in [2.75, 3.05) is 14.2 Å². The van der Waals surface area contributed by atoms with Crippen LogP contribution in [0.5, 0.6) is 0 Å². The number of halogens is 2. The number of aliphatic hydroxyl groups excluding tert-OH is 1. The first-order chi connectivity index (χ1) is 17.2. The van der Waals surface area contributed by atoms with Crippen LogP contribution in [0.2, 0.25) is 10.0 Å². The predicted octanol–water partition coefficient (Wildman–Crippen LogP) is 4.19. The van der Waals surface area contributed by atoms with Gasteiger partial charge < -0.3 is 25.0 Å². The largest absolute Gasteiger partial charge is 0.481 e. The van der Waals surface area contributed by atoms with Crippen LogP contribution >= 0.6 is 23.2 Å². The zero-order chi connectivity index (χ0) is 26.4. The Kier molecular flexibility index (Phi) is 9.14. The Morgan fingerprint density at radius 2 is 1.64 bits per heavy atom. The number of aliphatic carboxylic acids is 1. The SMILES string of the molecule is COC(=O)C1=CNC(CC(=O)O)=C(C(=O)OC)C1CC(c1ccccc1CO)c1c(Cl)cccc1Cl. The third-order valence-electron chi connectivity index (χ3n) is 6.03. The summed E-state index contributed by atoms with van der Waals surface area (Å²) < 4.78 is 9.93. The number of carbonyl (C=O) groups is 3. The molecule has 8 nitrogen and oxygen atoms in total. The van der Waals surface area contributed by atoms with E-state index in [0.29, 0.717) is 26.7 Å². The molecule has 1 heterocycles. The van der Waals surface area contributed by atoms with E-state index in [2.05, 4.69) is 5.32 Å². The highest BCUT2D eigenvalue weighted by molar-refractivity contribution is 6.36. The number of hydrogen-bond donors (Lipinski definition) is 3. The van der Waals surface area contributed by atoms with Crippen molar-refractivity contribution >= 4 is 41.1 Å². The summed E-state index contributed by atoms with van der Waals surface area (Å²) in [5.74, 6) is -4.22. The molecule has 2 unspecified atom stereocenters. The smallest absolute Gasteiger partial charge is 0.336 e. The van der Waals surface area contributed by atoms with Crippen LogP contribution in [0, 0.1) is 5.92 Å². The van der Waals surface area contributed by atoms with E-state index < -0.39 is 36.2 Å². The third-order valence-corrected chi connectivity index (χ3v) is 6.68. The molecule has 1 aliphatic heterocycles. The molecule has 3 N–H and O–H groups in total. The Bertz CT molecular complexity index is 1220. The minimum atomic E-state index is -1.18. The minimum Gasteiger partial charge on any atom is -0.481 e. The molecule has 10 heteroatoms. The fourth-order valence-corrected chi connectivity index (χ4v) is 5.10. The molecule has 0 saturated heterocycles. The van der Waals surface area contributed by atoms with Crippen LogP contribution in [0.25, 0.3) is 0 Å². The number of dihydropyridines is 1. The number of carboxylic acids is 1. The molecule has 0 aromatic heterocycles. The second-order valence-electron chi connectivity index (χ2n) is 8.02. The average Bonchev–Trinajstić information content (AvgIpc) is 2.86. The summed E-state index contributed by atoms with van der Waals surface area (Å²) in [6.45, 7) is -0.273. The van der Waals surface area contributed by atoms with Gasteiger partial charge in [0.25, 0.3) is 0 Å². The number of esters is 2. The molecule has 0 fully saturated rings. The number of rotatable bonds is 9. The number of ether oxygens (including phenoxy) is 2. The van der Waals surface area contributed by atoms with E-state index in [-0.39, 0.29) is 29.9 Å². The van der Waals surface area contributed by atoms with Crippen molar-refractivity contribution in [3.8, 4) is 0 Å². The summed E-state index contributed by atoms with van der Waals surface area (Å²) in [7, 11) is 2.38. The topological polar surface area (TPSA) is 122 Å². The Morgan fingerprint density at radius 3 is 2.22 bits per heavy atom. The van der Waals surface area contributed by atoms with Crippen LogP contribution in [0.15, 0.2) is 65.5 Å². The highest BCUT2D eigenvalue weighted by Gasteiger charge is 2.39. The number of carboxylic acid groups (broad SMARTS) is 1. The highest BCUT2D eigenvalue weighted by atomic mass is 35.5. The lowest BCUT2D eigenvalue weighted by atomic mass is 9.75. The van der Waals surface area contributed by atoms with Gasteiger partial charge >= 0.3 is 17.9 Å². The van der Waals surface area contributed by atoms with Gasteiger partial charge in [0, 0.05) is 33.8 Å². The van der Waals surface area contributed by atoms with E-state index >= 15 is 0 Å². The normalized spacial score (nSPS) is 16.0. The van der Waals surface area contributed by atoms with Gasteiger partial charge in [0.2, 0.25) is 0 Å². The van der Waals surface area contributed by atoms with Gasteiger partial charge in [0.1, 0.15) is 0 Å². The molecule has 1 aliphatic rings. The summed E-state index contributed by atoms with van der Waals surface area (Å²) in [4.78, 5) is 37.3. The van der Waals surface area contributed by atoms with Crippen molar-refractivity contribution in [2.24, 2.45) is 5.92 Å². The molecular weight excluding hydrogens is 509 g/mol. The maximum atomic E-state index is 13.0. The van der Waals surface area contributed by atoms with Crippen molar-refractivity contribution in [3.63, 3.8) is 0 Å². The lowest BCUT2D eigenvalue weighted by Gasteiger charge is -2.32. The molecule has 0 spiro atoms. The van der Waals surface area contributed by atoms with Gasteiger partial charge in [-0.25, -0.2) is 9.59 Å². The van der Waals surface area contributed by atoms with Crippen molar-refractivity contribution in [2.45, 2.75) is 25.4 Å². The molecule has 0 aliphatic carbocycles. The minimum absolute atomic E-state index is 0.0162. The van der Waals surface area contributed by atoms with Crippen LogP contribution in [0.3, 0.4) is 0 Å². The molecule has 2 aromatic carbocycles. The lowest BCUT2D eigenvalue weighted by molar-refractivity contribution is -0.137. The van der Waals surface area contributed by atoms with Gasteiger partial charge in [-0.3, -0.25) is 4.79 Å². The van der Waals surface area contributed by atoms with Gasteiger partial charge in [-0.05, 0) is 35.2 Å². The lowest BCUT2D eigenvalue weighted by Crippen LogP contribution is -2.33. The molecule has 0 saturated carbocycles. The number of carbonyl (C=O) groups excluding carboxylic acids is 2. The highest BCUT2D eigenvalue weighted by Crippen LogP contribution is 2.44. The summed E-state index contributed by atoms with van der Waals surface area (Å²) in [6, 6.07) is 12.2. The molecule has 36 heavy (non-hydrogen) atoms. The quantitative estimate of drug-likeness (QED) is 0.410. The van der Waals surface area contributed by atoms with Crippen molar-refractivity contribution in [1.29, 1.82) is 0 Å². The third kappa shape index (κ3) is 5.73. The Labute approximate surface area is 218 Å². The van der Waals surface area contributed by atoms with Gasteiger partial charge in [0.05, 0.1) is 38.4 Å². The van der Waals surface area contributed by atoms with Gasteiger partial charge in [-0.1, -0.05) is 53.5 Å².